The molecule has 1 heterocycles. The summed E-state index contributed by atoms with van der Waals surface area (Å²) in [5, 5.41) is 5.15. The largest absolute Gasteiger partial charge is 0.456 e. The lowest BCUT2D eigenvalue weighted by atomic mass is 10.1. The molecule has 9 nitrogen and oxygen atoms in total. The fraction of sp³-hybridized carbons (Fsp3) is 0.444. The molecule has 1 aliphatic rings. The molecule has 2 rings (SSSR count). The first kappa shape index (κ1) is 20.2. The zero-order valence-corrected chi connectivity index (χ0v) is 15.9. The van der Waals surface area contributed by atoms with E-state index in [4.69, 9.17) is 4.74 Å². The van der Waals surface area contributed by atoms with Crippen LogP contribution < -0.4 is 15.5 Å². The third-order valence-corrected chi connectivity index (χ3v) is 4.02. The van der Waals surface area contributed by atoms with Gasteiger partial charge in [0.1, 0.15) is 5.54 Å². The van der Waals surface area contributed by atoms with Crippen molar-refractivity contribution >= 4 is 35.2 Å². The highest BCUT2D eigenvalue weighted by molar-refractivity contribution is 6.06. The lowest BCUT2D eigenvalue weighted by molar-refractivity contribution is -0.147. The van der Waals surface area contributed by atoms with Crippen LogP contribution in [0.2, 0.25) is 0 Å². The highest BCUT2D eigenvalue weighted by atomic mass is 16.5. The van der Waals surface area contributed by atoms with Gasteiger partial charge in [-0.2, -0.15) is 0 Å². The van der Waals surface area contributed by atoms with Gasteiger partial charge in [0.15, 0.2) is 6.61 Å². The summed E-state index contributed by atoms with van der Waals surface area (Å²) in [6.07, 6.45) is -0.181. The van der Waals surface area contributed by atoms with Crippen LogP contribution in [0.1, 0.15) is 20.3 Å². The number of amides is 4. The van der Waals surface area contributed by atoms with E-state index in [1.807, 2.05) is 31.1 Å². The third kappa shape index (κ3) is 5.19. The van der Waals surface area contributed by atoms with E-state index in [0.29, 0.717) is 5.69 Å². The average molecular weight is 376 g/mol. The fourth-order valence-corrected chi connectivity index (χ4v) is 2.48. The summed E-state index contributed by atoms with van der Waals surface area (Å²) < 4.78 is 4.89. The Labute approximate surface area is 157 Å². The number of urea groups is 1. The van der Waals surface area contributed by atoms with E-state index in [0.717, 1.165) is 10.6 Å². The van der Waals surface area contributed by atoms with Gasteiger partial charge >= 0.3 is 12.0 Å². The topological polar surface area (TPSA) is 108 Å². The average Bonchev–Trinajstić information content (AvgIpc) is 2.79. The number of hydrogen-bond acceptors (Lipinski definition) is 6. The standard InChI is InChI=1S/C18H24N4O5/c1-18(2)16(25)22(17(26)20-18)10-9-15(24)27-11-14(23)19-12-5-7-13(8-6-12)21(3)4/h5-8H,9-11H2,1-4H3,(H,19,23)(H,20,26). The Bertz CT molecular complexity index is 743. The number of carbonyl (C=O) groups is 4. The predicted octanol–water partition coefficient (Wildman–Crippen LogP) is 0.955. The number of benzene rings is 1. The summed E-state index contributed by atoms with van der Waals surface area (Å²) in [5.74, 6) is -1.55. The van der Waals surface area contributed by atoms with Crippen molar-refractivity contribution in [2.45, 2.75) is 25.8 Å². The quantitative estimate of drug-likeness (QED) is 0.542. The molecule has 0 aromatic heterocycles. The Kier molecular flexibility index (Phi) is 6.04. The first-order valence-corrected chi connectivity index (χ1v) is 8.47. The Morgan fingerprint density at radius 1 is 1.19 bits per heavy atom. The van der Waals surface area contributed by atoms with E-state index in [9.17, 15) is 19.2 Å². The second-order valence-electron chi connectivity index (χ2n) is 6.91. The molecule has 0 aliphatic carbocycles. The number of esters is 1. The second kappa shape index (κ2) is 8.07. The molecule has 1 fully saturated rings. The zero-order chi connectivity index (χ0) is 20.2. The van der Waals surface area contributed by atoms with E-state index in [2.05, 4.69) is 10.6 Å². The van der Waals surface area contributed by atoms with Crippen LogP contribution in [0.25, 0.3) is 0 Å². The summed E-state index contributed by atoms with van der Waals surface area (Å²) >= 11 is 0. The molecule has 9 heteroatoms. The predicted molar refractivity (Wildman–Crippen MR) is 99.3 cm³/mol. The summed E-state index contributed by atoms with van der Waals surface area (Å²) in [6.45, 7) is 2.63. The first-order valence-electron chi connectivity index (χ1n) is 8.47. The molecule has 0 saturated carbocycles. The number of anilines is 2. The summed E-state index contributed by atoms with van der Waals surface area (Å²) in [7, 11) is 3.82. The third-order valence-electron chi connectivity index (χ3n) is 4.02. The number of nitrogens with zero attached hydrogens (tertiary/aromatic N) is 2. The van der Waals surface area contributed by atoms with Crippen molar-refractivity contribution in [2.75, 3.05) is 37.5 Å². The summed E-state index contributed by atoms with van der Waals surface area (Å²) in [5.41, 5.74) is 0.592. The van der Waals surface area contributed by atoms with Gasteiger partial charge in [-0.1, -0.05) is 0 Å². The highest BCUT2D eigenvalue weighted by Gasteiger charge is 2.44. The molecule has 0 radical (unpaired) electrons. The van der Waals surface area contributed by atoms with Gasteiger partial charge in [0.2, 0.25) is 0 Å². The highest BCUT2D eigenvalue weighted by Crippen LogP contribution is 2.17. The van der Waals surface area contributed by atoms with Gasteiger partial charge in [-0.25, -0.2) is 4.79 Å². The second-order valence-corrected chi connectivity index (χ2v) is 6.91. The number of rotatable bonds is 7. The van der Waals surface area contributed by atoms with E-state index < -0.39 is 36.0 Å². The van der Waals surface area contributed by atoms with Gasteiger partial charge in [0.25, 0.3) is 11.8 Å². The van der Waals surface area contributed by atoms with E-state index in [-0.39, 0.29) is 13.0 Å². The van der Waals surface area contributed by atoms with Crippen LogP contribution in [0.5, 0.6) is 0 Å². The molecule has 146 valence electrons. The molecular weight excluding hydrogens is 352 g/mol. The van der Waals surface area contributed by atoms with Gasteiger partial charge < -0.3 is 20.3 Å². The van der Waals surface area contributed by atoms with Crippen molar-refractivity contribution in [1.29, 1.82) is 0 Å². The Morgan fingerprint density at radius 3 is 2.33 bits per heavy atom. The molecule has 27 heavy (non-hydrogen) atoms. The van der Waals surface area contributed by atoms with Crippen molar-refractivity contribution < 1.29 is 23.9 Å². The van der Waals surface area contributed by atoms with E-state index >= 15 is 0 Å². The van der Waals surface area contributed by atoms with Gasteiger partial charge in [-0.15, -0.1) is 0 Å². The van der Waals surface area contributed by atoms with Crippen molar-refractivity contribution in [2.24, 2.45) is 0 Å². The molecule has 4 amide bonds. The lowest BCUT2D eigenvalue weighted by Crippen LogP contribution is -2.40. The lowest BCUT2D eigenvalue weighted by Gasteiger charge is -2.15. The molecule has 1 aromatic carbocycles. The normalized spacial score (nSPS) is 15.3. The Hall–Kier alpha value is -3.10. The van der Waals surface area contributed by atoms with Gasteiger partial charge in [-0.05, 0) is 38.1 Å². The maximum atomic E-state index is 12.0. The summed E-state index contributed by atoms with van der Waals surface area (Å²) in [6, 6.07) is 6.64. The number of imide groups is 1. The van der Waals surface area contributed by atoms with Crippen LogP contribution in [-0.2, 0) is 19.1 Å². The van der Waals surface area contributed by atoms with Gasteiger partial charge in [0, 0.05) is 32.0 Å². The van der Waals surface area contributed by atoms with Crippen molar-refractivity contribution in [3.8, 4) is 0 Å². The SMILES string of the molecule is CN(C)c1ccc(NC(=O)COC(=O)CCN2C(=O)NC(C)(C)C2=O)cc1. The van der Waals surface area contributed by atoms with Crippen molar-refractivity contribution in [3.05, 3.63) is 24.3 Å². The molecule has 1 aliphatic heterocycles. The molecule has 1 saturated heterocycles. The molecule has 0 atom stereocenters. The van der Waals surface area contributed by atoms with Crippen molar-refractivity contribution in [3.63, 3.8) is 0 Å². The van der Waals surface area contributed by atoms with E-state index in [1.54, 1.807) is 26.0 Å². The first-order chi connectivity index (χ1) is 12.6. The molecule has 0 bridgehead atoms. The van der Waals surface area contributed by atoms with Crippen LogP contribution in [0, 0.1) is 0 Å². The van der Waals surface area contributed by atoms with Crippen LogP contribution in [0.15, 0.2) is 24.3 Å². The Balaban J connectivity index is 1.74. The van der Waals surface area contributed by atoms with Crippen LogP contribution in [-0.4, -0.2) is 61.5 Å². The molecule has 0 spiro atoms. The maximum Gasteiger partial charge on any atom is 0.325 e. The number of hydrogen-bond donors (Lipinski definition) is 2. The van der Waals surface area contributed by atoms with Gasteiger partial charge in [0.05, 0.1) is 6.42 Å². The number of carbonyl (C=O) groups excluding carboxylic acids is 4. The van der Waals surface area contributed by atoms with E-state index in [1.165, 1.54) is 0 Å². The molecule has 2 N–H and O–H groups in total. The fourth-order valence-electron chi connectivity index (χ4n) is 2.48. The summed E-state index contributed by atoms with van der Waals surface area (Å²) in [4.78, 5) is 50.3. The number of nitrogens with one attached hydrogen (secondary N) is 2. The zero-order valence-electron chi connectivity index (χ0n) is 15.9. The molecule has 0 unspecified atom stereocenters. The number of ether oxygens (including phenoxy) is 1. The van der Waals surface area contributed by atoms with Crippen LogP contribution in [0.3, 0.4) is 0 Å². The maximum absolute atomic E-state index is 12.0. The minimum Gasteiger partial charge on any atom is -0.456 e. The van der Waals surface area contributed by atoms with Crippen LogP contribution >= 0.6 is 0 Å². The molecular formula is C18H24N4O5. The molecule has 1 aromatic rings. The smallest absolute Gasteiger partial charge is 0.325 e. The van der Waals surface area contributed by atoms with Crippen molar-refractivity contribution in [1.82, 2.24) is 10.2 Å². The van der Waals surface area contributed by atoms with Gasteiger partial charge in [-0.3, -0.25) is 19.3 Å². The monoisotopic (exact) mass is 376 g/mol. The minimum absolute atomic E-state index is 0.0967. The van der Waals surface area contributed by atoms with Crippen LogP contribution in [0.4, 0.5) is 16.2 Å². The minimum atomic E-state index is -0.983. The Morgan fingerprint density at radius 2 is 1.81 bits per heavy atom.